The van der Waals surface area contributed by atoms with Gasteiger partial charge in [0.15, 0.2) is 6.35 Å². The zero-order chi connectivity index (χ0) is 17.6. The van der Waals surface area contributed by atoms with Gasteiger partial charge in [0.25, 0.3) is 0 Å². The number of nitrogens with one attached hydrogen (secondary N) is 1. The molecule has 0 saturated heterocycles. The second-order valence-corrected chi connectivity index (χ2v) is 8.34. The maximum atomic E-state index is 12.5. The zero-order valence-electron chi connectivity index (χ0n) is 14.2. The first-order chi connectivity index (χ1) is 11.5. The summed E-state index contributed by atoms with van der Waals surface area (Å²) in [6, 6.07) is 1.88. The lowest BCUT2D eigenvalue weighted by atomic mass is 10.2. The van der Waals surface area contributed by atoms with Gasteiger partial charge in [-0.25, -0.2) is 0 Å². The van der Waals surface area contributed by atoms with E-state index in [9.17, 15) is 4.57 Å². The summed E-state index contributed by atoms with van der Waals surface area (Å²) >= 11 is 1.62. The molecule has 0 aromatic carbocycles. The summed E-state index contributed by atoms with van der Waals surface area (Å²) in [6.45, 7) is 6.04. The van der Waals surface area contributed by atoms with E-state index in [0.29, 0.717) is 25.4 Å². The van der Waals surface area contributed by atoms with Crippen LogP contribution < -0.4 is 15.2 Å². The number of fused-ring (bicyclic) bond motifs is 1. The minimum absolute atomic E-state index is 0.113. The average Bonchev–Trinajstić information content (AvgIpc) is 2.85. The van der Waals surface area contributed by atoms with Crippen LogP contribution in [0.5, 0.6) is 0 Å². The van der Waals surface area contributed by atoms with Gasteiger partial charge in [0.05, 0.1) is 19.3 Å². The summed E-state index contributed by atoms with van der Waals surface area (Å²) in [4.78, 5) is 1.03. The van der Waals surface area contributed by atoms with Crippen molar-refractivity contribution in [1.29, 1.82) is 0 Å². The van der Waals surface area contributed by atoms with Crippen molar-refractivity contribution in [2.45, 2.75) is 33.2 Å². The smallest absolute Gasteiger partial charge is 0.367 e. The molecular formula is C16H24NO5PS. The molecule has 1 aliphatic carbocycles. The maximum absolute atomic E-state index is 12.5. The molecule has 0 bridgehead atoms. The summed E-state index contributed by atoms with van der Waals surface area (Å²) in [7, 11) is -3.23. The van der Waals surface area contributed by atoms with Crippen molar-refractivity contribution >= 4 is 31.1 Å². The Morgan fingerprint density at radius 2 is 2.04 bits per heavy atom. The molecule has 1 aromatic rings. The standard InChI is InChI=1S/C16H24NO5PS/c1-4-21-23(19,22-5-2)11-20-14-7-6-8-15-13(9-14)10-16(24-15)12(3)17-18/h7-10,12,17-18H,4-6,11H2,1-3H3. The Balaban J connectivity index is 2.16. The molecule has 1 aliphatic rings. The van der Waals surface area contributed by atoms with E-state index in [0.717, 1.165) is 14.6 Å². The van der Waals surface area contributed by atoms with Crippen molar-refractivity contribution in [1.82, 2.24) is 5.48 Å². The normalized spacial score (nSPS) is 15.6. The minimum atomic E-state index is -3.23. The molecule has 1 heterocycles. The number of rotatable bonds is 9. The molecule has 0 spiro atoms. The molecule has 1 aromatic heterocycles. The Labute approximate surface area is 145 Å². The first-order valence-electron chi connectivity index (χ1n) is 7.93. The van der Waals surface area contributed by atoms with E-state index in [-0.39, 0.29) is 12.4 Å². The second-order valence-electron chi connectivity index (χ2n) is 5.23. The Morgan fingerprint density at radius 1 is 1.33 bits per heavy atom. The summed E-state index contributed by atoms with van der Waals surface area (Å²) in [6.07, 6.45) is 6.55. The Bertz CT molecular complexity index is 732. The second kappa shape index (κ2) is 8.94. The summed E-state index contributed by atoms with van der Waals surface area (Å²) in [5, 5.41) is 10.1. The van der Waals surface area contributed by atoms with Crippen molar-refractivity contribution in [3.05, 3.63) is 32.5 Å². The highest BCUT2D eigenvalue weighted by Crippen LogP contribution is 2.48. The quantitative estimate of drug-likeness (QED) is 0.512. The van der Waals surface area contributed by atoms with E-state index in [4.69, 9.17) is 19.0 Å². The highest BCUT2D eigenvalue weighted by Gasteiger charge is 2.25. The molecule has 2 N–H and O–H groups in total. The highest BCUT2D eigenvalue weighted by molar-refractivity contribution is 7.53. The summed E-state index contributed by atoms with van der Waals surface area (Å²) in [5.41, 5.74) is 2.26. The van der Waals surface area contributed by atoms with Crippen LogP contribution in [0.3, 0.4) is 0 Å². The van der Waals surface area contributed by atoms with Crippen molar-refractivity contribution < 1.29 is 23.6 Å². The summed E-state index contributed by atoms with van der Waals surface area (Å²) in [5.74, 6) is 0.638. The van der Waals surface area contributed by atoms with E-state index < -0.39 is 7.60 Å². The molecule has 0 fully saturated rings. The van der Waals surface area contributed by atoms with Gasteiger partial charge in [0.2, 0.25) is 0 Å². The fraction of sp³-hybridized carbons (Fsp3) is 0.500. The van der Waals surface area contributed by atoms with Gasteiger partial charge in [-0.3, -0.25) is 4.57 Å². The molecular weight excluding hydrogens is 349 g/mol. The molecule has 134 valence electrons. The van der Waals surface area contributed by atoms with Crippen LogP contribution in [0.15, 0.2) is 17.9 Å². The third-order valence-corrected chi connectivity index (χ3v) is 6.47. The number of hydrogen-bond donors (Lipinski definition) is 2. The van der Waals surface area contributed by atoms with Crippen molar-refractivity contribution in [2.24, 2.45) is 0 Å². The zero-order valence-corrected chi connectivity index (χ0v) is 15.9. The SMILES string of the molecule is CCOP(=O)(COC1=CCC=c2sc(C(C)NO)cc2=C1)OCC. The van der Waals surface area contributed by atoms with E-state index in [2.05, 4.69) is 11.6 Å². The van der Waals surface area contributed by atoms with E-state index in [1.54, 1.807) is 25.2 Å². The lowest BCUT2D eigenvalue weighted by Gasteiger charge is -2.17. The minimum Gasteiger partial charge on any atom is -0.481 e. The topological polar surface area (TPSA) is 77.0 Å². The predicted octanol–water partition coefficient (Wildman–Crippen LogP) is 2.88. The van der Waals surface area contributed by atoms with Gasteiger partial charge in [-0.1, -0.05) is 6.08 Å². The van der Waals surface area contributed by atoms with Gasteiger partial charge in [-0.15, -0.1) is 11.3 Å². The van der Waals surface area contributed by atoms with Crippen LogP contribution in [0.1, 0.15) is 38.1 Å². The lowest BCUT2D eigenvalue weighted by molar-refractivity contribution is 0.135. The van der Waals surface area contributed by atoms with Crippen LogP contribution in [0.25, 0.3) is 12.2 Å². The molecule has 0 aliphatic heterocycles. The monoisotopic (exact) mass is 373 g/mol. The largest absolute Gasteiger partial charge is 0.481 e. The Kier molecular flexibility index (Phi) is 7.22. The first-order valence-corrected chi connectivity index (χ1v) is 10.5. The number of ether oxygens (including phenoxy) is 1. The third-order valence-electron chi connectivity index (χ3n) is 3.39. The van der Waals surface area contributed by atoms with Gasteiger partial charge in [-0.05, 0) is 50.6 Å². The molecule has 0 saturated carbocycles. The van der Waals surface area contributed by atoms with Crippen LogP contribution in [-0.2, 0) is 18.3 Å². The molecule has 8 heteroatoms. The highest BCUT2D eigenvalue weighted by atomic mass is 32.1. The van der Waals surface area contributed by atoms with Crippen LogP contribution in [0, 0.1) is 0 Å². The van der Waals surface area contributed by atoms with E-state index >= 15 is 0 Å². The van der Waals surface area contributed by atoms with Gasteiger partial charge in [0, 0.05) is 9.41 Å². The molecule has 0 amide bonds. The van der Waals surface area contributed by atoms with Gasteiger partial charge >= 0.3 is 7.60 Å². The Morgan fingerprint density at radius 3 is 2.67 bits per heavy atom. The number of hydroxylamine groups is 1. The van der Waals surface area contributed by atoms with Crippen LogP contribution in [0.2, 0.25) is 0 Å². The molecule has 0 radical (unpaired) electrons. The third kappa shape index (κ3) is 5.02. The number of thiophene rings is 1. The van der Waals surface area contributed by atoms with Gasteiger partial charge in [0.1, 0.15) is 5.76 Å². The fourth-order valence-electron chi connectivity index (χ4n) is 2.24. The molecule has 1 atom stereocenters. The Hall–Kier alpha value is -0.950. The summed E-state index contributed by atoms with van der Waals surface area (Å²) < 4.78 is 29.8. The fourth-order valence-corrected chi connectivity index (χ4v) is 4.64. The number of hydrogen-bond acceptors (Lipinski definition) is 7. The maximum Gasteiger partial charge on any atom is 0.367 e. The van der Waals surface area contributed by atoms with E-state index in [1.165, 1.54) is 0 Å². The first kappa shape index (κ1) is 19.4. The van der Waals surface area contributed by atoms with Crippen LogP contribution in [-0.4, -0.2) is 24.8 Å². The number of allylic oxidation sites excluding steroid dienone is 2. The van der Waals surface area contributed by atoms with Crippen molar-refractivity contribution in [3.8, 4) is 0 Å². The van der Waals surface area contributed by atoms with Crippen molar-refractivity contribution in [3.63, 3.8) is 0 Å². The van der Waals surface area contributed by atoms with Gasteiger partial charge < -0.3 is 19.0 Å². The van der Waals surface area contributed by atoms with Crippen LogP contribution in [0.4, 0.5) is 0 Å². The van der Waals surface area contributed by atoms with E-state index in [1.807, 2.05) is 25.1 Å². The van der Waals surface area contributed by atoms with Crippen LogP contribution >= 0.6 is 18.9 Å². The lowest BCUT2D eigenvalue weighted by Crippen LogP contribution is -2.17. The average molecular weight is 373 g/mol. The van der Waals surface area contributed by atoms with Crippen molar-refractivity contribution in [2.75, 3.05) is 19.6 Å². The molecule has 1 unspecified atom stereocenters. The molecule has 2 rings (SSSR count). The van der Waals surface area contributed by atoms with Gasteiger partial charge in [-0.2, -0.15) is 5.48 Å². The molecule has 24 heavy (non-hydrogen) atoms. The predicted molar refractivity (Wildman–Crippen MR) is 95.3 cm³/mol. The molecule has 6 nitrogen and oxygen atoms in total.